The van der Waals surface area contributed by atoms with Crippen LogP contribution in [-0.4, -0.2) is 120 Å². The lowest BCUT2D eigenvalue weighted by Gasteiger charge is -2.64. The van der Waals surface area contributed by atoms with Gasteiger partial charge in [0.15, 0.2) is 5.82 Å². The van der Waals surface area contributed by atoms with Crippen LogP contribution >= 0.6 is 0 Å². The van der Waals surface area contributed by atoms with Gasteiger partial charge in [0.1, 0.15) is 5.75 Å². The third-order valence-electron chi connectivity index (χ3n) is 11.1. The van der Waals surface area contributed by atoms with E-state index in [1.165, 1.54) is 77.8 Å². The van der Waals surface area contributed by atoms with E-state index in [9.17, 15) is 5.11 Å². The zero-order valence-corrected chi connectivity index (χ0v) is 23.6. The standard InChI is InChI=1S/C31H44N8O/c40-29-4-2-1-3-26(29)27-15-28-30(35-34-27)33-18-25-19-37(13-14-39(25)28)24-16-31(17-24)20-38(21-31)23-7-11-36(12-8-23)22-5-9-32-10-6-22/h1-4,15,22-25,32,40H,5-14,16-21H2,(H,33,35)/t25-/m0/s1. The summed E-state index contributed by atoms with van der Waals surface area (Å²) in [6, 6.07) is 12.3. The summed E-state index contributed by atoms with van der Waals surface area (Å²) in [4.78, 5) is 10.9. The monoisotopic (exact) mass is 544 g/mol. The number of hydrogen-bond acceptors (Lipinski definition) is 9. The quantitative estimate of drug-likeness (QED) is 0.538. The number of para-hydroxylation sites is 1. The van der Waals surface area contributed by atoms with Crippen LogP contribution in [0.25, 0.3) is 11.3 Å². The van der Waals surface area contributed by atoms with Gasteiger partial charge in [-0.2, -0.15) is 0 Å². The average Bonchev–Trinajstić information content (AvgIpc) is 2.96. The Kier molecular flexibility index (Phi) is 6.39. The summed E-state index contributed by atoms with van der Waals surface area (Å²) >= 11 is 0. The topological polar surface area (TPSA) is 83.0 Å². The lowest BCUT2D eigenvalue weighted by atomic mass is 9.59. The maximum Gasteiger partial charge on any atom is 0.172 e. The number of aromatic hydroxyl groups is 1. The number of phenolic OH excluding ortho intramolecular Hbond substituents is 1. The fraction of sp³-hybridized carbons (Fsp3) is 0.677. The van der Waals surface area contributed by atoms with Gasteiger partial charge in [-0.3, -0.25) is 9.80 Å². The normalized spacial score (nSPS) is 28.4. The lowest BCUT2D eigenvalue weighted by Crippen LogP contribution is -2.71. The van der Waals surface area contributed by atoms with Crippen LogP contribution < -0.4 is 15.5 Å². The molecule has 5 fully saturated rings. The van der Waals surface area contributed by atoms with Crippen molar-refractivity contribution in [2.45, 2.75) is 62.7 Å². The molecule has 1 aromatic heterocycles. The van der Waals surface area contributed by atoms with Crippen molar-refractivity contribution >= 4 is 11.5 Å². The highest BCUT2D eigenvalue weighted by Gasteiger charge is 2.55. The van der Waals surface area contributed by atoms with E-state index in [-0.39, 0.29) is 5.75 Å². The van der Waals surface area contributed by atoms with E-state index in [2.05, 4.69) is 46.5 Å². The molecular formula is C31H44N8O. The van der Waals surface area contributed by atoms with Crippen molar-refractivity contribution in [2.24, 2.45) is 5.41 Å². The molecule has 0 amide bonds. The predicted molar refractivity (Wildman–Crippen MR) is 158 cm³/mol. The second kappa shape index (κ2) is 10.1. The van der Waals surface area contributed by atoms with Gasteiger partial charge >= 0.3 is 0 Å². The van der Waals surface area contributed by atoms with Crippen molar-refractivity contribution in [3.8, 4) is 17.0 Å². The third-order valence-corrected chi connectivity index (χ3v) is 11.1. The Morgan fingerprint density at radius 2 is 1.57 bits per heavy atom. The Morgan fingerprint density at radius 3 is 2.38 bits per heavy atom. The number of fused-ring (bicyclic) bond motifs is 3. The van der Waals surface area contributed by atoms with Gasteiger partial charge in [0, 0.05) is 63.0 Å². The number of phenols is 1. The van der Waals surface area contributed by atoms with E-state index in [4.69, 9.17) is 0 Å². The van der Waals surface area contributed by atoms with Crippen LogP contribution in [0.1, 0.15) is 38.5 Å². The van der Waals surface area contributed by atoms with Gasteiger partial charge in [-0.15, -0.1) is 10.2 Å². The summed E-state index contributed by atoms with van der Waals surface area (Å²) in [5.74, 6) is 1.11. The molecule has 1 aliphatic carbocycles. The first-order valence-electron chi connectivity index (χ1n) is 15.7. The molecule has 8 rings (SSSR count). The predicted octanol–water partition coefficient (Wildman–Crippen LogP) is 2.45. The first-order valence-corrected chi connectivity index (χ1v) is 15.7. The fourth-order valence-corrected chi connectivity index (χ4v) is 8.78. The van der Waals surface area contributed by atoms with Crippen LogP contribution in [0.15, 0.2) is 30.3 Å². The summed E-state index contributed by atoms with van der Waals surface area (Å²) in [6.07, 6.45) is 8.19. The molecule has 6 heterocycles. The molecule has 0 radical (unpaired) electrons. The van der Waals surface area contributed by atoms with Crippen molar-refractivity contribution in [1.82, 2.24) is 30.2 Å². The summed E-state index contributed by atoms with van der Waals surface area (Å²) in [7, 11) is 0. The van der Waals surface area contributed by atoms with Gasteiger partial charge in [0.25, 0.3) is 0 Å². The van der Waals surface area contributed by atoms with Crippen LogP contribution in [0.2, 0.25) is 0 Å². The van der Waals surface area contributed by atoms with E-state index in [1.54, 1.807) is 6.07 Å². The summed E-state index contributed by atoms with van der Waals surface area (Å²) < 4.78 is 0. The fourth-order valence-electron chi connectivity index (χ4n) is 8.78. The van der Waals surface area contributed by atoms with Crippen molar-refractivity contribution in [2.75, 3.05) is 75.7 Å². The third kappa shape index (κ3) is 4.46. The van der Waals surface area contributed by atoms with E-state index in [0.29, 0.717) is 11.5 Å². The van der Waals surface area contributed by atoms with Gasteiger partial charge in [-0.05, 0) is 88.3 Å². The van der Waals surface area contributed by atoms with Crippen molar-refractivity contribution < 1.29 is 5.11 Å². The molecule has 4 saturated heterocycles. The maximum atomic E-state index is 10.3. The summed E-state index contributed by atoms with van der Waals surface area (Å²) in [6.45, 7) is 11.9. The molecule has 1 aromatic carbocycles. The molecule has 0 bridgehead atoms. The van der Waals surface area contributed by atoms with Gasteiger partial charge < -0.3 is 25.5 Å². The molecule has 9 nitrogen and oxygen atoms in total. The van der Waals surface area contributed by atoms with E-state index in [1.807, 2.05) is 18.2 Å². The lowest BCUT2D eigenvalue weighted by molar-refractivity contribution is -0.133. The molecule has 1 atom stereocenters. The van der Waals surface area contributed by atoms with Crippen LogP contribution in [0.3, 0.4) is 0 Å². The van der Waals surface area contributed by atoms with Crippen LogP contribution in [0, 0.1) is 5.41 Å². The highest BCUT2D eigenvalue weighted by atomic mass is 16.3. The smallest absolute Gasteiger partial charge is 0.172 e. The molecule has 40 heavy (non-hydrogen) atoms. The number of aromatic nitrogens is 2. The number of anilines is 2. The number of rotatable bonds is 4. The minimum Gasteiger partial charge on any atom is -0.507 e. The number of nitrogens with zero attached hydrogens (tertiary/aromatic N) is 6. The SMILES string of the molecule is Oc1ccccc1-c1cc2c(nn1)NC[C@H]1CN(C3CC4(C3)CN(C3CCN(C5CCNCC5)CC3)C4)CCN21. The Labute approximate surface area is 237 Å². The van der Waals surface area contributed by atoms with Gasteiger partial charge in [0.2, 0.25) is 0 Å². The first-order chi connectivity index (χ1) is 19.6. The largest absolute Gasteiger partial charge is 0.507 e. The number of likely N-dealkylation sites (tertiary alicyclic amines) is 2. The van der Waals surface area contributed by atoms with Gasteiger partial charge in [-0.1, -0.05) is 12.1 Å². The Hall–Kier alpha value is -2.46. The van der Waals surface area contributed by atoms with Gasteiger partial charge in [0.05, 0.1) is 17.4 Å². The molecule has 0 unspecified atom stereocenters. The van der Waals surface area contributed by atoms with Crippen LogP contribution in [-0.2, 0) is 0 Å². The molecule has 5 aliphatic heterocycles. The number of piperidine rings is 2. The van der Waals surface area contributed by atoms with Crippen LogP contribution in [0.5, 0.6) is 5.75 Å². The summed E-state index contributed by atoms with van der Waals surface area (Å²) in [5, 5.41) is 26.3. The number of hydrogen-bond donors (Lipinski definition) is 3. The maximum absolute atomic E-state index is 10.3. The average molecular weight is 545 g/mol. The molecular weight excluding hydrogens is 500 g/mol. The Balaban J connectivity index is 0.836. The molecule has 214 valence electrons. The molecule has 1 spiro atoms. The highest BCUT2D eigenvalue weighted by molar-refractivity contribution is 5.76. The summed E-state index contributed by atoms with van der Waals surface area (Å²) in [5.41, 5.74) is 3.19. The first kappa shape index (κ1) is 25.3. The van der Waals surface area contributed by atoms with Gasteiger partial charge in [-0.25, -0.2) is 0 Å². The van der Waals surface area contributed by atoms with Crippen molar-refractivity contribution in [3.05, 3.63) is 30.3 Å². The van der Waals surface area contributed by atoms with E-state index in [0.717, 1.165) is 67.1 Å². The molecule has 9 heteroatoms. The molecule has 6 aliphatic rings. The second-order valence-corrected chi connectivity index (χ2v) is 13.4. The van der Waals surface area contributed by atoms with E-state index < -0.39 is 0 Å². The molecule has 2 aromatic rings. The van der Waals surface area contributed by atoms with E-state index >= 15 is 0 Å². The molecule has 3 N–H and O–H groups in total. The minimum absolute atomic E-state index is 0.248. The number of nitrogens with one attached hydrogen (secondary N) is 2. The Morgan fingerprint density at radius 1 is 0.800 bits per heavy atom. The van der Waals surface area contributed by atoms with Crippen molar-refractivity contribution in [1.29, 1.82) is 0 Å². The van der Waals surface area contributed by atoms with Crippen LogP contribution in [0.4, 0.5) is 11.5 Å². The zero-order valence-electron chi connectivity index (χ0n) is 23.6. The second-order valence-electron chi connectivity index (χ2n) is 13.4. The number of benzene rings is 1. The minimum atomic E-state index is 0.248. The number of piperazine rings is 1. The Bertz CT molecular complexity index is 1210. The van der Waals surface area contributed by atoms with Crippen molar-refractivity contribution in [3.63, 3.8) is 0 Å². The molecule has 1 saturated carbocycles. The highest BCUT2D eigenvalue weighted by Crippen LogP contribution is 2.52. The zero-order chi connectivity index (χ0) is 26.7.